The summed E-state index contributed by atoms with van der Waals surface area (Å²) in [5.74, 6) is -0.347. The largest absolute Gasteiger partial charge is 0.478 e. The molecule has 0 aromatic carbocycles. The van der Waals surface area contributed by atoms with Crippen LogP contribution in [0.1, 0.15) is 138 Å². The van der Waals surface area contributed by atoms with Gasteiger partial charge in [-0.2, -0.15) is 0 Å². The first kappa shape index (κ1) is 36.5. The maximum Gasteiger partial charge on any atom is 0.333 e. The topological polar surface area (TPSA) is 72.8 Å². The van der Waals surface area contributed by atoms with E-state index in [2.05, 4.69) is 40.9 Å². The van der Waals surface area contributed by atoms with Crippen LogP contribution in [0.25, 0.3) is 0 Å². The summed E-state index contributed by atoms with van der Waals surface area (Å²) in [6, 6.07) is 0. The van der Waals surface area contributed by atoms with Gasteiger partial charge in [0.05, 0.1) is 12.2 Å². The number of carboxylic acids is 1. The predicted octanol–water partition coefficient (Wildman–Crippen LogP) is 9.06. The quantitative estimate of drug-likeness (QED) is 0.0893. The molecule has 0 aliphatic rings. The number of unbranched alkanes of at least 4 members (excludes halogenated alkanes) is 11. The molecule has 0 aromatic rings. The van der Waals surface area contributed by atoms with Crippen molar-refractivity contribution < 1.29 is 24.2 Å². The molecule has 0 aliphatic carbocycles. The van der Waals surface area contributed by atoms with Crippen LogP contribution >= 0.6 is 0 Å². The average Bonchev–Trinajstić information content (AvgIpc) is 2.79. The minimum absolute atomic E-state index is 0.00754. The fourth-order valence-corrected chi connectivity index (χ4v) is 3.61. The molecule has 0 aliphatic heterocycles. The molecule has 0 saturated heterocycles. The molecule has 0 amide bonds. The van der Waals surface area contributed by atoms with E-state index in [-0.39, 0.29) is 17.1 Å². The van der Waals surface area contributed by atoms with Crippen molar-refractivity contribution in [1.29, 1.82) is 0 Å². The van der Waals surface area contributed by atoms with Gasteiger partial charge in [-0.05, 0) is 52.9 Å². The first-order chi connectivity index (χ1) is 16.9. The van der Waals surface area contributed by atoms with Crippen LogP contribution in [0, 0.1) is 5.92 Å². The van der Waals surface area contributed by atoms with E-state index < -0.39 is 5.97 Å². The van der Waals surface area contributed by atoms with Crippen LogP contribution in [0.3, 0.4) is 0 Å². The first-order valence-corrected chi connectivity index (χ1v) is 14.2. The SMILES string of the molecule is C=C(C)C(=O)O.C=C(C)C(=O)OCCCCCCCCC(C)(C)OCCCCCCCCCC(C)C. The zero-order valence-electron chi connectivity index (χ0n) is 24.6. The summed E-state index contributed by atoms with van der Waals surface area (Å²) in [6.07, 6.45) is 19.0. The Labute approximate surface area is 223 Å². The number of esters is 1. The molecule has 1 N–H and O–H groups in total. The van der Waals surface area contributed by atoms with Gasteiger partial charge < -0.3 is 14.6 Å². The highest BCUT2D eigenvalue weighted by molar-refractivity contribution is 5.86. The Balaban J connectivity index is 0. The van der Waals surface area contributed by atoms with Crippen molar-refractivity contribution in [2.45, 2.75) is 143 Å². The fourth-order valence-electron chi connectivity index (χ4n) is 3.61. The minimum atomic E-state index is -0.935. The summed E-state index contributed by atoms with van der Waals surface area (Å²) >= 11 is 0. The highest BCUT2D eigenvalue weighted by Gasteiger charge is 2.17. The lowest BCUT2D eigenvalue weighted by molar-refractivity contribution is -0.139. The van der Waals surface area contributed by atoms with Gasteiger partial charge >= 0.3 is 11.9 Å². The third-order valence-electron chi connectivity index (χ3n) is 6.04. The Morgan fingerprint density at radius 3 is 1.58 bits per heavy atom. The van der Waals surface area contributed by atoms with Crippen molar-refractivity contribution in [1.82, 2.24) is 0 Å². The number of aliphatic carboxylic acids is 1. The number of carbonyl (C=O) groups excluding carboxylic acids is 1. The van der Waals surface area contributed by atoms with Crippen LogP contribution in [0.2, 0.25) is 0 Å². The Bertz CT molecular complexity index is 580. The summed E-state index contributed by atoms with van der Waals surface area (Å²) in [5, 5.41) is 7.89. The Hall–Kier alpha value is -1.62. The number of hydrogen-bond acceptors (Lipinski definition) is 4. The standard InChI is InChI=1S/C27H52O3.C4H6O2/c1-24(2)20-16-12-8-7-10-15-19-23-30-27(5,6)21-17-13-9-11-14-18-22-29-26(28)25(3)4;1-3(2)4(5)6/h24H,3,7-23H2,1-2,4-6H3;1H2,2H3,(H,5,6). The molecule has 5 nitrogen and oxygen atoms in total. The minimum Gasteiger partial charge on any atom is -0.478 e. The fraction of sp³-hybridized carbons (Fsp3) is 0.806. The van der Waals surface area contributed by atoms with Crippen LogP contribution in [0.15, 0.2) is 24.3 Å². The molecule has 0 bridgehead atoms. The summed E-state index contributed by atoms with van der Waals surface area (Å²) in [5.41, 5.74) is 0.662. The molecule has 0 rings (SSSR count). The lowest BCUT2D eigenvalue weighted by Gasteiger charge is -2.25. The van der Waals surface area contributed by atoms with Gasteiger partial charge in [0.1, 0.15) is 0 Å². The van der Waals surface area contributed by atoms with Gasteiger partial charge in [0, 0.05) is 17.8 Å². The Morgan fingerprint density at radius 1 is 0.722 bits per heavy atom. The van der Waals surface area contributed by atoms with Gasteiger partial charge in [0.15, 0.2) is 0 Å². The van der Waals surface area contributed by atoms with E-state index in [4.69, 9.17) is 14.6 Å². The van der Waals surface area contributed by atoms with Crippen molar-refractivity contribution in [3.63, 3.8) is 0 Å². The predicted molar refractivity (Wildman–Crippen MR) is 152 cm³/mol. The Kier molecular flexibility index (Phi) is 24.1. The normalized spacial score (nSPS) is 11.1. The molecule has 0 spiro atoms. The second-order valence-electron chi connectivity index (χ2n) is 11.1. The van der Waals surface area contributed by atoms with E-state index in [0.717, 1.165) is 31.8 Å². The highest BCUT2D eigenvalue weighted by atomic mass is 16.5. The molecule has 212 valence electrons. The van der Waals surface area contributed by atoms with Gasteiger partial charge in [-0.25, -0.2) is 9.59 Å². The van der Waals surface area contributed by atoms with E-state index in [1.54, 1.807) is 6.92 Å². The van der Waals surface area contributed by atoms with E-state index in [1.165, 1.54) is 84.0 Å². The van der Waals surface area contributed by atoms with Crippen LogP contribution in [-0.4, -0.2) is 35.9 Å². The first-order valence-electron chi connectivity index (χ1n) is 14.2. The van der Waals surface area contributed by atoms with E-state index in [1.807, 2.05) is 0 Å². The van der Waals surface area contributed by atoms with Crippen LogP contribution < -0.4 is 0 Å². The summed E-state index contributed by atoms with van der Waals surface area (Å²) in [7, 11) is 0. The summed E-state index contributed by atoms with van der Waals surface area (Å²) < 4.78 is 11.3. The zero-order chi connectivity index (χ0) is 27.8. The molecule has 0 aromatic heterocycles. The Morgan fingerprint density at radius 2 is 1.14 bits per heavy atom. The molecule has 0 unspecified atom stereocenters. The van der Waals surface area contributed by atoms with Crippen LogP contribution in [0.4, 0.5) is 0 Å². The monoisotopic (exact) mass is 510 g/mol. The lowest BCUT2D eigenvalue weighted by atomic mass is 9.99. The highest BCUT2D eigenvalue weighted by Crippen LogP contribution is 2.20. The van der Waals surface area contributed by atoms with Crippen LogP contribution in [-0.2, 0) is 19.1 Å². The van der Waals surface area contributed by atoms with Gasteiger partial charge in [0.2, 0.25) is 0 Å². The molecule has 0 saturated carbocycles. The number of hydrogen-bond donors (Lipinski definition) is 1. The van der Waals surface area contributed by atoms with Crippen molar-refractivity contribution in [3.05, 3.63) is 24.3 Å². The van der Waals surface area contributed by atoms with E-state index >= 15 is 0 Å². The number of ether oxygens (including phenoxy) is 2. The maximum absolute atomic E-state index is 11.3. The average molecular weight is 511 g/mol. The zero-order valence-corrected chi connectivity index (χ0v) is 24.6. The third-order valence-corrected chi connectivity index (χ3v) is 6.04. The number of rotatable bonds is 22. The molecular formula is C31H58O5. The number of carbonyl (C=O) groups is 2. The van der Waals surface area contributed by atoms with Gasteiger partial charge in [-0.1, -0.05) is 104 Å². The molecule has 0 fully saturated rings. The second-order valence-corrected chi connectivity index (χ2v) is 11.1. The maximum atomic E-state index is 11.3. The van der Waals surface area contributed by atoms with Gasteiger partial charge in [-0.15, -0.1) is 0 Å². The van der Waals surface area contributed by atoms with Crippen molar-refractivity contribution in [3.8, 4) is 0 Å². The van der Waals surface area contributed by atoms with Crippen molar-refractivity contribution >= 4 is 11.9 Å². The summed E-state index contributed by atoms with van der Waals surface area (Å²) in [4.78, 5) is 20.9. The molecule has 0 atom stereocenters. The lowest BCUT2D eigenvalue weighted by Crippen LogP contribution is -2.24. The third kappa shape index (κ3) is 28.6. The molecule has 0 radical (unpaired) electrons. The molecule has 0 heterocycles. The molecular weight excluding hydrogens is 452 g/mol. The summed E-state index contributed by atoms with van der Waals surface area (Å²) in [6.45, 7) is 20.4. The second kappa shape index (κ2) is 23.8. The van der Waals surface area contributed by atoms with Crippen LogP contribution in [0.5, 0.6) is 0 Å². The van der Waals surface area contributed by atoms with Crippen molar-refractivity contribution in [2.75, 3.05) is 13.2 Å². The van der Waals surface area contributed by atoms with E-state index in [9.17, 15) is 9.59 Å². The van der Waals surface area contributed by atoms with Gasteiger partial charge in [0.25, 0.3) is 0 Å². The van der Waals surface area contributed by atoms with E-state index in [0.29, 0.717) is 12.2 Å². The smallest absolute Gasteiger partial charge is 0.333 e. The molecule has 36 heavy (non-hydrogen) atoms. The molecule has 5 heteroatoms. The van der Waals surface area contributed by atoms with Gasteiger partial charge in [-0.3, -0.25) is 0 Å². The van der Waals surface area contributed by atoms with Crippen molar-refractivity contribution in [2.24, 2.45) is 5.92 Å². The number of carboxylic acid groups (broad SMARTS) is 1.